The molecule has 2 aliphatic rings. The third-order valence-electron chi connectivity index (χ3n) is 6.66. The molecule has 0 fully saturated rings. The number of hydrogen-bond acceptors (Lipinski definition) is 7. The first-order valence-corrected chi connectivity index (χ1v) is 10.6. The van der Waals surface area contributed by atoms with Crippen molar-refractivity contribution in [1.82, 2.24) is 9.55 Å². The summed E-state index contributed by atoms with van der Waals surface area (Å²) in [6.07, 6.45) is 0.844. The summed E-state index contributed by atoms with van der Waals surface area (Å²) < 4.78 is 17.7. The molecule has 0 aliphatic carbocycles. The molecule has 8 heteroatoms. The molecule has 166 valence electrons. The zero-order valence-corrected chi connectivity index (χ0v) is 18.4. The quantitative estimate of drug-likeness (QED) is 0.491. The lowest BCUT2D eigenvalue weighted by atomic mass is 9.86. The molecule has 1 atom stereocenters. The number of methoxy groups -OCH3 is 2. The van der Waals surface area contributed by atoms with Gasteiger partial charge in [-0.25, -0.2) is 9.78 Å². The Bertz CT molecular complexity index is 1360. The molecule has 32 heavy (non-hydrogen) atoms. The summed E-state index contributed by atoms with van der Waals surface area (Å²) in [6.45, 7) is 3.98. The highest BCUT2D eigenvalue weighted by Gasteiger charge is 2.45. The van der Waals surface area contributed by atoms with Crippen molar-refractivity contribution < 1.29 is 24.1 Å². The molecule has 2 aromatic heterocycles. The van der Waals surface area contributed by atoms with Crippen LogP contribution in [0.25, 0.3) is 22.3 Å². The summed E-state index contributed by atoms with van der Waals surface area (Å²) in [5.41, 5.74) is 2.55. The second-order valence-electron chi connectivity index (χ2n) is 8.10. The first-order valence-electron chi connectivity index (χ1n) is 10.6. The summed E-state index contributed by atoms with van der Waals surface area (Å²) in [6, 6.07) is 5.47. The van der Waals surface area contributed by atoms with Crippen LogP contribution in [0.4, 0.5) is 0 Å². The number of aryl methyl sites for hydroxylation is 1. The van der Waals surface area contributed by atoms with Gasteiger partial charge in [0.05, 0.1) is 43.2 Å². The number of fused-ring (bicyclic) bond motifs is 5. The average Bonchev–Trinajstić information content (AvgIpc) is 3.17. The van der Waals surface area contributed by atoms with E-state index < -0.39 is 11.6 Å². The molecule has 0 amide bonds. The number of carbonyl (C=O) groups excluding carboxylic acids is 1. The summed E-state index contributed by atoms with van der Waals surface area (Å²) in [5, 5.41) is 12.0. The zero-order valence-electron chi connectivity index (χ0n) is 18.4. The van der Waals surface area contributed by atoms with Crippen molar-refractivity contribution >= 4 is 16.9 Å². The van der Waals surface area contributed by atoms with Gasteiger partial charge in [-0.1, -0.05) is 13.8 Å². The topological polar surface area (TPSA) is 99.9 Å². The van der Waals surface area contributed by atoms with Crippen LogP contribution in [0.15, 0.2) is 23.0 Å². The van der Waals surface area contributed by atoms with E-state index in [1.54, 1.807) is 31.8 Å². The monoisotopic (exact) mass is 436 g/mol. The maximum absolute atomic E-state index is 13.4. The molecular formula is C24H24N2O6. The third-order valence-corrected chi connectivity index (χ3v) is 6.66. The molecule has 4 heterocycles. The predicted octanol–water partition coefficient (Wildman–Crippen LogP) is 2.66. The van der Waals surface area contributed by atoms with E-state index in [0.29, 0.717) is 40.6 Å². The first-order chi connectivity index (χ1) is 15.4. The van der Waals surface area contributed by atoms with Crippen molar-refractivity contribution in [3.63, 3.8) is 0 Å². The van der Waals surface area contributed by atoms with Crippen LogP contribution in [0.3, 0.4) is 0 Å². The van der Waals surface area contributed by atoms with Gasteiger partial charge >= 0.3 is 5.97 Å². The number of pyridine rings is 2. The number of ether oxygens (including phenoxy) is 3. The van der Waals surface area contributed by atoms with Crippen molar-refractivity contribution in [2.24, 2.45) is 0 Å². The molecule has 0 saturated heterocycles. The van der Waals surface area contributed by atoms with Crippen molar-refractivity contribution in [3.8, 4) is 22.9 Å². The summed E-state index contributed by atoms with van der Waals surface area (Å²) >= 11 is 0. The molecule has 5 rings (SSSR count). The largest absolute Gasteiger partial charge is 0.493 e. The highest BCUT2D eigenvalue weighted by atomic mass is 16.6. The van der Waals surface area contributed by atoms with Crippen LogP contribution in [-0.4, -0.2) is 34.8 Å². The molecule has 1 aromatic carbocycles. The van der Waals surface area contributed by atoms with Crippen molar-refractivity contribution in [1.29, 1.82) is 0 Å². The van der Waals surface area contributed by atoms with Gasteiger partial charge < -0.3 is 23.9 Å². The van der Waals surface area contributed by atoms with Gasteiger partial charge in [-0.15, -0.1) is 0 Å². The lowest BCUT2D eigenvalue weighted by Crippen LogP contribution is -2.44. The number of benzene rings is 1. The zero-order chi connectivity index (χ0) is 22.8. The number of carbonyl (C=O) groups is 1. The Labute approximate surface area is 184 Å². The fourth-order valence-corrected chi connectivity index (χ4v) is 4.89. The Balaban J connectivity index is 1.82. The van der Waals surface area contributed by atoms with E-state index in [2.05, 4.69) is 6.92 Å². The molecule has 0 spiro atoms. The average molecular weight is 436 g/mol. The lowest BCUT2D eigenvalue weighted by Gasteiger charge is -2.31. The van der Waals surface area contributed by atoms with Gasteiger partial charge in [-0.2, -0.15) is 0 Å². The molecule has 8 nitrogen and oxygen atoms in total. The van der Waals surface area contributed by atoms with Crippen LogP contribution in [0, 0.1) is 0 Å². The first kappa shape index (κ1) is 20.5. The third kappa shape index (κ3) is 2.56. The SMILES string of the molecule is CCc1c2c(nc3cc(OC)c(OC)cc13)-c1cc3c(c(=O)n1C2)COC(=O)[C@]3(O)CC. The van der Waals surface area contributed by atoms with Gasteiger partial charge in [0.1, 0.15) is 6.61 Å². The van der Waals surface area contributed by atoms with Crippen LogP contribution in [-0.2, 0) is 34.7 Å². The fraction of sp³-hybridized carbons (Fsp3) is 0.375. The normalized spacial score (nSPS) is 18.7. The number of aliphatic hydroxyl groups is 1. The maximum Gasteiger partial charge on any atom is 0.343 e. The molecule has 0 saturated carbocycles. The van der Waals surface area contributed by atoms with E-state index in [1.807, 2.05) is 12.1 Å². The smallest absolute Gasteiger partial charge is 0.343 e. The predicted molar refractivity (Wildman–Crippen MR) is 117 cm³/mol. The number of aromatic nitrogens is 2. The highest BCUT2D eigenvalue weighted by molar-refractivity contribution is 5.91. The number of cyclic esters (lactones) is 1. The molecule has 0 unspecified atom stereocenters. The molecular weight excluding hydrogens is 412 g/mol. The van der Waals surface area contributed by atoms with Crippen molar-refractivity contribution in [2.45, 2.75) is 45.4 Å². The minimum atomic E-state index is -1.84. The standard InChI is InChI=1S/C24H24N2O6/c1-5-12-13-7-19(30-3)20(31-4)9-17(13)25-21-14(12)10-26-18(21)8-16-15(22(26)27)11-32-23(28)24(16,29)6-2/h7-9,29H,5-6,10-11H2,1-4H3/t24-/m0/s1. The second-order valence-corrected chi connectivity index (χ2v) is 8.10. The van der Waals surface area contributed by atoms with Crippen LogP contribution in [0.2, 0.25) is 0 Å². The maximum atomic E-state index is 13.4. The van der Waals surface area contributed by atoms with Crippen molar-refractivity contribution in [3.05, 3.63) is 50.8 Å². The fourth-order valence-electron chi connectivity index (χ4n) is 4.89. The Kier molecular flexibility index (Phi) is 4.53. The number of nitrogens with zero attached hydrogens (tertiary/aromatic N) is 2. The molecule has 3 aromatic rings. The van der Waals surface area contributed by atoms with Crippen molar-refractivity contribution in [2.75, 3.05) is 14.2 Å². The summed E-state index contributed by atoms with van der Waals surface area (Å²) in [4.78, 5) is 30.6. The van der Waals surface area contributed by atoms with Crippen LogP contribution < -0.4 is 15.0 Å². The summed E-state index contributed by atoms with van der Waals surface area (Å²) in [7, 11) is 3.16. The Morgan fingerprint density at radius 2 is 1.84 bits per heavy atom. The number of esters is 1. The van der Waals surface area contributed by atoms with Crippen LogP contribution in [0.5, 0.6) is 11.5 Å². The van der Waals surface area contributed by atoms with E-state index in [4.69, 9.17) is 19.2 Å². The van der Waals surface area contributed by atoms with E-state index in [0.717, 1.165) is 28.5 Å². The van der Waals surface area contributed by atoms with Gasteiger partial charge in [-0.3, -0.25) is 4.79 Å². The van der Waals surface area contributed by atoms with E-state index >= 15 is 0 Å². The number of rotatable bonds is 4. The molecule has 0 radical (unpaired) electrons. The Morgan fingerprint density at radius 3 is 2.50 bits per heavy atom. The molecule has 1 N–H and O–H groups in total. The highest BCUT2D eigenvalue weighted by Crippen LogP contribution is 2.42. The van der Waals surface area contributed by atoms with Crippen LogP contribution in [0.1, 0.15) is 42.5 Å². The van der Waals surface area contributed by atoms with E-state index in [1.165, 1.54) is 0 Å². The molecule has 2 aliphatic heterocycles. The molecule has 0 bridgehead atoms. The minimum absolute atomic E-state index is 0.108. The van der Waals surface area contributed by atoms with Crippen LogP contribution >= 0.6 is 0 Å². The van der Waals surface area contributed by atoms with Gasteiger partial charge in [-0.05, 0) is 30.5 Å². The van der Waals surface area contributed by atoms with Gasteiger partial charge in [0.15, 0.2) is 17.1 Å². The minimum Gasteiger partial charge on any atom is -0.493 e. The second kappa shape index (κ2) is 7.06. The Hall–Kier alpha value is -3.39. The lowest BCUT2D eigenvalue weighted by molar-refractivity contribution is -0.172. The van der Waals surface area contributed by atoms with Gasteiger partial charge in [0, 0.05) is 22.6 Å². The van der Waals surface area contributed by atoms with E-state index in [-0.39, 0.29) is 18.6 Å². The van der Waals surface area contributed by atoms with Gasteiger partial charge in [0.2, 0.25) is 0 Å². The van der Waals surface area contributed by atoms with E-state index in [9.17, 15) is 14.7 Å². The summed E-state index contributed by atoms with van der Waals surface area (Å²) in [5.74, 6) is 0.453. The van der Waals surface area contributed by atoms with Gasteiger partial charge in [0.25, 0.3) is 5.56 Å². The number of hydrogen-bond donors (Lipinski definition) is 1. The Morgan fingerprint density at radius 1 is 1.12 bits per heavy atom.